The number of benzene rings is 2. The molecule has 4 nitrogen and oxygen atoms in total. The molecular formula is C16H16N4. The Kier molecular flexibility index (Phi) is 3.56. The number of hydrogen-bond acceptors (Lipinski definition) is 3. The maximum Gasteiger partial charge on any atom is 0.0730 e. The molecule has 0 fully saturated rings. The summed E-state index contributed by atoms with van der Waals surface area (Å²) >= 11 is 0. The highest BCUT2D eigenvalue weighted by Crippen LogP contribution is 2.17. The lowest BCUT2D eigenvalue weighted by Crippen LogP contribution is -2.15. The van der Waals surface area contributed by atoms with Crippen molar-refractivity contribution in [2.24, 2.45) is 5.73 Å². The van der Waals surface area contributed by atoms with Crippen molar-refractivity contribution in [1.29, 1.82) is 0 Å². The number of aromatic nitrogens is 3. The second-order valence-corrected chi connectivity index (χ2v) is 4.69. The zero-order valence-corrected chi connectivity index (χ0v) is 11.1. The molecule has 1 atom stereocenters. The number of rotatable bonds is 4. The fraction of sp³-hybridized carbons (Fsp3) is 0.125. The van der Waals surface area contributed by atoms with Gasteiger partial charge < -0.3 is 5.73 Å². The molecule has 2 aromatic carbocycles. The molecule has 0 aliphatic rings. The van der Waals surface area contributed by atoms with Crippen LogP contribution in [-0.4, -0.2) is 15.0 Å². The molecule has 1 unspecified atom stereocenters. The molecule has 0 spiro atoms. The summed E-state index contributed by atoms with van der Waals surface area (Å²) < 4.78 is 1.84. The Morgan fingerprint density at radius 2 is 1.60 bits per heavy atom. The van der Waals surface area contributed by atoms with Crippen molar-refractivity contribution in [3.05, 3.63) is 78.1 Å². The Balaban J connectivity index is 1.84. The molecular weight excluding hydrogens is 248 g/mol. The molecule has 4 heteroatoms. The smallest absolute Gasteiger partial charge is 0.0730 e. The Morgan fingerprint density at radius 1 is 0.950 bits per heavy atom. The molecule has 100 valence electrons. The van der Waals surface area contributed by atoms with E-state index in [4.69, 9.17) is 5.73 Å². The fourth-order valence-corrected chi connectivity index (χ4v) is 2.23. The van der Waals surface area contributed by atoms with Gasteiger partial charge in [0.1, 0.15) is 0 Å². The highest BCUT2D eigenvalue weighted by atomic mass is 15.4. The maximum atomic E-state index is 6.26. The topological polar surface area (TPSA) is 56.7 Å². The van der Waals surface area contributed by atoms with E-state index >= 15 is 0 Å². The zero-order valence-electron chi connectivity index (χ0n) is 11.1. The third kappa shape index (κ3) is 2.60. The van der Waals surface area contributed by atoms with Crippen LogP contribution >= 0.6 is 0 Å². The molecule has 0 bridgehead atoms. The van der Waals surface area contributed by atoms with Gasteiger partial charge in [-0.1, -0.05) is 53.7 Å². The summed E-state index contributed by atoms with van der Waals surface area (Å²) in [7, 11) is 0. The van der Waals surface area contributed by atoms with E-state index in [1.807, 2.05) is 65.3 Å². The summed E-state index contributed by atoms with van der Waals surface area (Å²) in [6.45, 7) is 0. The van der Waals surface area contributed by atoms with Crippen LogP contribution < -0.4 is 5.73 Å². The van der Waals surface area contributed by atoms with Gasteiger partial charge >= 0.3 is 0 Å². The minimum Gasteiger partial charge on any atom is -0.324 e. The molecule has 0 aliphatic carbocycles. The molecule has 0 saturated heterocycles. The molecule has 0 amide bonds. The molecule has 20 heavy (non-hydrogen) atoms. The van der Waals surface area contributed by atoms with Gasteiger partial charge in [-0.05, 0) is 17.7 Å². The first kappa shape index (κ1) is 12.6. The predicted octanol–water partition coefficient (Wildman–Crippen LogP) is 2.51. The summed E-state index contributed by atoms with van der Waals surface area (Å²) in [6, 6.07) is 20.0. The highest BCUT2D eigenvalue weighted by molar-refractivity contribution is 5.32. The van der Waals surface area contributed by atoms with Gasteiger partial charge in [-0.25, -0.2) is 4.68 Å². The van der Waals surface area contributed by atoms with Crippen molar-refractivity contribution in [3.63, 3.8) is 0 Å². The van der Waals surface area contributed by atoms with E-state index in [0.717, 1.165) is 16.9 Å². The quantitative estimate of drug-likeness (QED) is 0.787. The summed E-state index contributed by atoms with van der Waals surface area (Å²) in [5.74, 6) is 0. The summed E-state index contributed by atoms with van der Waals surface area (Å²) in [4.78, 5) is 0. The second kappa shape index (κ2) is 5.67. The van der Waals surface area contributed by atoms with Gasteiger partial charge in [0.05, 0.1) is 17.6 Å². The van der Waals surface area contributed by atoms with Gasteiger partial charge in [0.15, 0.2) is 0 Å². The second-order valence-electron chi connectivity index (χ2n) is 4.69. The van der Waals surface area contributed by atoms with Crippen LogP contribution in [0.5, 0.6) is 0 Å². The molecule has 2 N–H and O–H groups in total. The van der Waals surface area contributed by atoms with Crippen LogP contribution in [0.4, 0.5) is 0 Å². The molecule has 1 heterocycles. The van der Waals surface area contributed by atoms with Crippen molar-refractivity contribution in [1.82, 2.24) is 15.0 Å². The monoisotopic (exact) mass is 264 g/mol. The number of hydrogen-bond donors (Lipinski definition) is 1. The average Bonchev–Trinajstić information content (AvgIpc) is 2.97. The summed E-state index contributed by atoms with van der Waals surface area (Å²) in [6.07, 6.45) is 2.47. The van der Waals surface area contributed by atoms with Crippen LogP contribution in [0.15, 0.2) is 66.9 Å². The van der Waals surface area contributed by atoms with Gasteiger partial charge in [-0.2, -0.15) is 0 Å². The van der Waals surface area contributed by atoms with Gasteiger partial charge in [-0.15, -0.1) is 5.10 Å². The van der Waals surface area contributed by atoms with Gasteiger partial charge in [0.25, 0.3) is 0 Å². The van der Waals surface area contributed by atoms with E-state index in [-0.39, 0.29) is 6.04 Å². The van der Waals surface area contributed by atoms with Crippen molar-refractivity contribution < 1.29 is 0 Å². The van der Waals surface area contributed by atoms with E-state index in [0.29, 0.717) is 6.42 Å². The molecule has 0 saturated carbocycles. The minimum atomic E-state index is -0.0582. The molecule has 0 aliphatic heterocycles. The fourth-order valence-electron chi connectivity index (χ4n) is 2.23. The van der Waals surface area contributed by atoms with Crippen LogP contribution in [-0.2, 0) is 6.42 Å². The Morgan fingerprint density at radius 3 is 2.30 bits per heavy atom. The number of nitrogens with two attached hydrogens (primary N) is 1. The number of nitrogens with zero attached hydrogens (tertiary/aromatic N) is 3. The molecule has 1 aromatic heterocycles. The Hall–Kier alpha value is -2.46. The first-order valence-corrected chi connectivity index (χ1v) is 6.60. The van der Waals surface area contributed by atoms with E-state index in [2.05, 4.69) is 10.3 Å². The molecule has 0 radical (unpaired) electrons. The largest absolute Gasteiger partial charge is 0.324 e. The first-order chi connectivity index (χ1) is 9.84. The summed E-state index contributed by atoms with van der Waals surface area (Å²) in [5.41, 5.74) is 9.39. The van der Waals surface area contributed by atoms with E-state index in [1.54, 1.807) is 6.20 Å². The van der Waals surface area contributed by atoms with Crippen LogP contribution in [0.2, 0.25) is 0 Å². The Labute approximate surface area is 117 Å². The summed E-state index contributed by atoms with van der Waals surface area (Å²) in [5, 5.41) is 8.15. The lowest BCUT2D eigenvalue weighted by Gasteiger charge is -2.12. The van der Waals surface area contributed by atoms with Crippen LogP contribution in [0, 0.1) is 0 Å². The van der Waals surface area contributed by atoms with Gasteiger partial charge in [0.2, 0.25) is 0 Å². The van der Waals surface area contributed by atoms with Crippen molar-refractivity contribution in [2.75, 3.05) is 0 Å². The Bertz CT molecular complexity index is 661. The predicted molar refractivity (Wildman–Crippen MR) is 78.4 cm³/mol. The lowest BCUT2D eigenvalue weighted by atomic mass is 10.0. The number of para-hydroxylation sites is 1. The average molecular weight is 264 g/mol. The highest BCUT2D eigenvalue weighted by Gasteiger charge is 2.12. The minimum absolute atomic E-state index is 0.0582. The van der Waals surface area contributed by atoms with Crippen molar-refractivity contribution in [3.8, 4) is 5.69 Å². The standard InChI is InChI=1S/C16H16N4/c17-16(13-7-3-1-4-8-13)11-15-12-18-19-20(15)14-9-5-2-6-10-14/h1-10,12,16H,11,17H2. The third-order valence-corrected chi connectivity index (χ3v) is 3.28. The van der Waals surface area contributed by atoms with Gasteiger partial charge in [-0.3, -0.25) is 0 Å². The van der Waals surface area contributed by atoms with Gasteiger partial charge in [0, 0.05) is 12.5 Å². The zero-order chi connectivity index (χ0) is 13.8. The van der Waals surface area contributed by atoms with E-state index in [9.17, 15) is 0 Å². The first-order valence-electron chi connectivity index (χ1n) is 6.60. The third-order valence-electron chi connectivity index (χ3n) is 3.28. The SMILES string of the molecule is NC(Cc1cnnn1-c1ccccc1)c1ccccc1. The van der Waals surface area contributed by atoms with E-state index in [1.165, 1.54) is 0 Å². The van der Waals surface area contributed by atoms with Crippen LogP contribution in [0.1, 0.15) is 17.3 Å². The van der Waals surface area contributed by atoms with Crippen molar-refractivity contribution in [2.45, 2.75) is 12.5 Å². The molecule has 3 aromatic rings. The van der Waals surface area contributed by atoms with Crippen LogP contribution in [0.3, 0.4) is 0 Å². The van der Waals surface area contributed by atoms with Crippen molar-refractivity contribution >= 4 is 0 Å². The van der Waals surface area contributed by atoms with E-state index < -0.39 is 0 Å². The maximum absolute atomic E-state index is 6.26. The lowest BCUT2D eigenvalue weighted by molar-refractivity contribution is 0.670. The molecule has 3 rings (SSSR count). The normalized spacial score (nSPS) is 12.2. The van der Waals surface area contributed by atoms with Crippen LogP contribution in [0.25, 0.3) is 5.69 Å².